The summed E-state index contributed by atoms with van der Waals surface area (Å²) >= 11 is 5.80. The zero-order valence-corrected chi connectivity index (χ0v) is 13.7. The summed E-state index contributed by atoms with van der Waals surface area (Å²) in [5, 5.41) is 7.68. The van der Waals surface area contributed by atoms with E-state index in [1.54, 1.807) is 32.4 Å². The Morgan fingerprint density at radius 3 is 2.43 bits per heavy atom. The first-order valence-electron chi connectivity index (χ1n) is 7.07. The van der Waals surface area contributed by atoms with Crippen molar-refractivity contribution in [2.45, 2.75) is 13.0 Å². The number of ether oxygens (including phenoxy) is 1. The van der Waals surface area contributed by atoms with Crippen molar-refractivity contribution in [2.75, 3.05) is 12.4 Å². The lowest BCUT2D eigenvalue weighted by Crippen LogP contribution is -2.34. The lowest BCUT2D eigenvalue weighted by atomic mass is 10.2. The number of methoxy groups -OCH3 is 1. The SMILES string of the molecule is COc1ccc(NC(C)C(=O)NN=Cc2ccc(Cl)cc2)cc1. The molecule has 0 heterocycles. The number of amides is 1. The van der Waals surface area contributed by atoms with E-state index in [2.05, 4.69) is 15.8 Å². The molecule has 23 heavy (non-hydrogen) atoms. The highest BCUT2D eigenvalue weighted by molar-refractivity contribution is 6.30. The van der Waals surface area contributed by atoms with E-state index in [9.17, 15) is 4.79 Å². The molecule has 0 fully saturated rings. The number of carbonyl (C=O) groups is 1. The van der Waals surface area contributed by atoms with Crippen molar-refractivity contribution >= 4 is 29.4 Å². The minimum absolute atomic E-state index is 0.231. The minimum Gasteiger partial charge on any atom is -0.497 e. The molecule has 0 aliphatic rings. The van der Waals surface area contributed by atoms with Crippen molar-refractivity contribution in [1.29, 1.82) is 0 Å². The van der Waals surface area contributed by atoms with E-state index in [1.165, 1.54) is 0 Å². The van der Waals surface area contributed by atoms with Crippen LogP contribution >= 0.6 is 11.6 Å². The second-order valence-corrected chi connectivity index (χ2v) is 5.32. The van der Waals surface area contributed by atoms with Crippen LogP contribution in [0.1, 0.15) is 12.5 Å². The molecule has 6 heteroatoms. The van der Waals surface area contributed by atoms with Crippen LogP contribution < -0.4 is 15.5 Å². The standard InChI is InChI=1S/C17H18ClN3O2/c1-12(20-15-7-9-16(23-2)10-8-15)17(22)21-19-11-13-3-5-14(18)6-4-13/h3-12,20H,1-2H3,(H,21,22). The van der Waals surface area contributed by atoms with E-state index < -0.39 is 6.04 Å². The third kappa shape index (κ3) is 5.30. The molecule has 1 atom stereocenters. The molecule has 0 radical (unpaired) electrons. The number of hydrogen-bond donors (Lipinski definition) is 2. The van der Waals surface area contributed by atoms with Gasteiger partial charge >= 0.3 is 0 Å². The Hall–Kier alpha value is -2.53. The number of hydrogen-bond acceptors (Lipinski definition) is 4. The lowest BCUT2D eigenvalue weighted by molar-refractivity contribution is -0.121. The lowest BCUT2D eigenvalue weighted by Gasteiger charge is -2.13. The Bertz CT molecular complexity index is 669. The Labute approximate surface area is 140 Å². The Morgan fingerprint density at radius 2 is 1.83 bits per heavy atom. The van der Waals surface area contributed by atoms with Crippen molar-refractivity contribution in [1.82, 2.24) is 5.43 Å². The van der Waals surface area contributed by atoms with Gasteiger partial charge in [-0.1, -0.05) is 23.7 Å². The third-order valence-electron chi connectivity index (χ3n) is 3.12. The second kappa shape index (κ2) is 8.19. The molecule has 0 saturated heterocycles. The molecule has 2 aromatic carbocycles. The maximum Gasteiger partial charge on any atom is 0.262 e. The van der Waals surface area contributed by atoms with Crippen LogP contribution in [0.4, 0.5) is 5.69 Å². The molecule has 1 amide bonds. The van der Waals surface area contributed by atoms with Crippen molar-refractivity contribution in [3.05, 3.63) is 59.1 Å². The molecule has 2 rings (SSSR count). The van der Waals surface area contributed by atoms with Gasteiger partial charge in [0.25, 0.3) is 5.91 Å². The van der Waals surface area contributed by atoms with E-state index >= 15 is 0 Å². The predicted molar refractivity (Wildman–Crippen MR) is 93.3 cm³/mol. The molecule has 0 aliphatic carbocycles. The topological polar surface area (TPSA) is 62.7 Å². The molecular weight excluding hydrogens is 314 g/mol. The van der Waals surface area contributed by atoms with Crippen molar-refractivity contribution < 1.29 is 9.53 Å². The highest BCUT2D eigenvalue weighted by Crippen LogP contribution is 2.15. The summed E-state index contributed by atoms with van der Waals surface area (Å²) in [6.45, 7) is 1.76. The third-order valence-corrected chi connectivity index (χ3v) is 3.38. The van der Waals surface area contributed by atoms with Crippen LogP contribution in [0.15, 0.2) is 53.6 Å². The van der Waals surface area contributed by atoms with Crippen molar-refractivity contribution in [3.63, 3.8) is 0 Å². The van der Waals surface area contributed by atoms with E-state index in [-0.39, 0.29) is 5.91 Å². The average Bonchev–Trinajstić information content (AvgIpc) is 2.57. The van der Waals surface area contributed by atoms with E-state index in [1.807, 2.05) is 36.4 Å². The number of rotatable bonds is 6. The Kier molecular flexibility index (Phi) is 6.00. The second-order valence-electron chi connectivity index (χ2n) is 4.88. The van der Waals surface area contributed by atoms with E-state index in [0.29, 0.717) is 5.02 Å². The molecular formula is C17H18ClN3O2. The maximum atomic E-state index is 12.0. The number of halogens is 1. The largest absolute Gasteiger partial charge is 0.497 e. The molecule has 0 bridgehead atoms. The van der Waals surface area contributed by atoms with Gasteiger partial charge < -0.3 is 10.1 Å². The van der Waals surface area contributed by atoms with Crippen molar-refractivity contribution in [2.24, 2.45) is 5.10 Å². The molecule has 2 N–H and O–H groups in total. The quantitative estimate of drug-likeness (QED) is 0.630. The Balaban J connectivity index is 1.85. The molecule has 5 nitrogen and oxygen atoms in total. The minimum atomic E-state index is -0.425. The zero-order valence-electron chi connectivity index (χ0n) is 12.9. The fourth-order valence-electron chi connectivity index (χ4n) is 1.82. The van der Waals surface area contributed by atoms with Gasteiger partial charge in [0.2, 0.25) is 0 Å². The summed E-state index contributed by atoms with van der Waals surface area (Å²) in [6.07, 6.45) is 1.56. The molecule has 0 aromatic heterocycles. The molecule has 120 valence electrons. The molecule has 0 saturated carbocycles. The highest BCUT2D eigenvalue weighted by Gasteiger charge is 2.11. The average molecular weight is 332 g/mol. The van der Waals surface area contributed by atoms with Gasteiger partial charge in [0, 0.05) is 10.7 Å². The summed E-state index contributed by atoms with van der Waals surface area (Å²) in [4.78, 5) is 12.0. The summed E-state index contributed by atoms with van der Waals surface area (Å²) in [7, 11) is 1.61. The van der Waals surface area contributed by atoms with Gasteiger partial charge in [-0.3, -0.25) is 4.79 Å². The van der Waals surface area contributed by atoms with Crippen molar-refractivity contribution in [3.8, 4) is 5.75 Å². The molecule has 2 aromatic rings. The van der Waals surface area contributed by atoms with Crippen LogP contribution in [0.2, 0.25) is 5.02 Å². The van der Waals surface area contributed by atoms with Crippen LogP contribution in [-0.2, 0) is 4.79 Å². The van der Waals surface area contributed by atoms with Gasteiger partial charge in [0.1, 0.15) is 11.8 Å². The monoisotopic (exact) mass is 331 g/mol. The summed E-state index contributed by atoms with van der Waals surface area (Å²) in [6, 6.07) is 14.1. The van der Waals surface area contributed by atoms with Crippen LogP contribution in [0, 0.1) is 0 Å². The summed E-state index contributed by atoms with van der Waals surface area (Å²) in [5.74, 6) is 0.534. The first kappa shape index (κ1) is 16.8. The highest BCUT2D eigenvalue weighted by atomic mass is 35.5. The number of nitrogens with one attached hydrogen (secondary N) is 2. The van der Waals surface area contributed by atoms with E-state index in [4.69, 9.17) is 16.3 Å². The van der Waals surface area contributed by atoms with Gasteiger partial charge in [-0.25, -0.2) is 5.43 Å². The first-order valence-corrected chi connectivity index (χ1v) is 7.45. The number of nitrogens with zero attached hydrogens (tertiary/aromatic N) is 1. The molecule has 0 spiro atoms. The number of anilines is 1. The van der Waals surface area contributed by atoms with Gasteiger partial charge in [0.05, 0.1) is 13.3 Å². The molecule has 0 aliphatic heterocycles. The maximum absolute atomic E-state index is 12.0. The zero-order chi connectivity index (χ0) is 16.7. The van der Waals surface area contributed by atoms with Crippen LogP contribution in [0.3, 0.4) is 0 Å². The van der Waals surface area contributed by atoms with E-state index in [0.717, 1.165) is 17.0 Å². The van der Waals surface area contributed by atoms with Gasteiger partial charge in [-0.05, 0) is 48.9 Å². The first-order chi connectivity index (χ1) is 11.1. The Morgan fingerprint density at radius 1 is 1.17 bits per heavy atom. The molecule has 1 unspecified atom stereocenters. The smallest absolute Gasteiger partial charge is 0.262 e. The van der Waals surface area contributed by atoms with Gasteiger partial charge in [0.15, 0.2) is 0 Å². The normalized spacial score (nSPS) is 12.0. The van der Waals surface area contributed by atoms with Crippen LogP contribution in [0.25, 0.3) is 0 Å². The van der Waals surface area contributed by atoms with Crippen LogP contribution in [-0.4, -0.2) is 25.3 Å². The van der Waals surface area contributed by atoms with Crippen LogP contribution in [0.5, 0.6) is 5.75 Å². The summed E-state index contributed by atoms with van der Waals surface area (Å²) in [5.41, 5.74) is 4.18. The number of hydrazone groups is 1. The number of carbonyl (C=O) groups excluding carboxylic acids is 1. The number of benzene rings is 2. The predicted octanol–water partition coefficient (Wildman–Crippen LogP) is 3.30. The van der Waals surface area contributed by atoms with Gasteiger partial charge in [-0.15, -0.1) is 0 Å². The fraction of sp³-hybridized carbons (Fsp3) is 0.176. The summed E-state index contributed by atoms with van der Waals surface area (Å²) < 4.78 is 5.09. The van der Waals surface area contributed by atoms with Gasteiger partial charge in [-0.2, -0.15) is 5.10 Å². The fourth-order valence-corrected chi connectivity index (χ4v) is 1.94.